The molecule has 230 valence electrons. The molecule has 0 saturated carbocycles. The van der Waals surface area contributed by atoms with Crippen molar-refractivity contribution in [3.63, 3.8) is 0 Å². The average Bonchev–Trinajstić information content (AvgIpc) is 3.39. The Morgan fingerprint density at radius 3 is 2.55 bits per heavy atom. The number of ether oxygens (including phenoxy) is 1. The molecule has 13 nitrogen and oxygen atoms in total. The third-order valence-corrected chi connectivity index (χ3v) is 5.61. The highest BCUT2D eigenvalue weighted by Gasteiger charge is 2.32. The van der Waals surface area contributed by atoms with Crippen LogP contribution in [0.4, 0.5) is 18.9 Å². The van der Waals surface area contributed by atoms with Crippen molar-refractivity contribution in [2.45, 2.75) is 32.2 Å². The summed E-state index contributed by atoms with van der Waals surface area (Å²) < 4.78 is 43.0. The highest BCUT2D eigenvalue weighted by atomic mass is 19.4. The highest BCUT2D eigenvalue weighted by molar-refractivity contribution is 5.88. The maximum Gasteiger partial charge on any atom is 0.573 e. The predicted octanol–water partition coefficient (Wildman–Crippen LogP) is 1.10. The number of nitrogens with two attached hydrogens (primary N) is 2. The quantitative estimate of drug-likeness (QED) is 0.158. The zero-order chi connectivity index (χ0) is 31.1. The molecule has 3 rings (SSSR count). The maximum absolute atomic E-state index is 12.6. The number of allylic oxidation sites excluding steroid dienone is 3. The zero-order valence-corrected chi connectivity index (χ0v) is 23.4. The van der Waals surface area contributed by atoms with Gasteiger partial charge in [0.2, 0.25) is 11.8 Å². The van der Waals surface area contributed by atoms with Gasteiger partial charge in [0.15, 0.2) is 6.29 Å². The van der Waals surface area contributed by atoms with E-state index >= 15 is 0 Å². The molecule has 2 amide bonds. The van der Waals surface area contributed by atoms with E-state index in [4.69, 9.17) is 11.5 Å². The Morgan fingerprint density at radius 2 is 1.90 bits per heavy atom. The number of hydrogen-bond acceptors (Lipinski definition) is 10. The van der Waals surface area contributed by atoms with Crippen LogP contribution in [0.5, 0.6) is 5.75 Å². The third-order valence-electron chi connectivity index (χ3n) is 5.61. The summed E-state index contributed by atoms with van der Waals surface area (Å²) in [5.41, 5.74) is 13.0. The minimum absolute atomic E-state index is 0.0551. The molecule has 1 fully saturated rings. The van der Waals surface area contributed by atoms with E-state index < -0.39 is 12.3 Å². The summed E-state index contributed by atoms with van der Waals surface area (Å²) in [4.78, 5) is 38.5. The Labute approximate surface area is 241 Å². The van der Waals surface area contributed by atoms with Gasteiger partial charge in [-0.05, 0) is 57.6 Å². The van der Waals surface area contributed by atoms with Crippen molar-refractivity contribution in [3.8, 4) is 5.75 Å². The molecule has 1 aliphatic rings. The number of piperazine rings is 1. The van der Waals surface area contributed by atoms with E-state index in [-0.39, 0.29) is 42.8 Å². The van der Waals surface area contributed by atoms with Gasteiger partial charge in [0.05, 0.1) is 12.7 Å². The average molecular weight is 596 g/mol. The van der Waals surface area contributed by atoms with Crippen molar-refractivity contribution < 1.29 is 32.3 Å². The fourth-order valence-corrected chi connectivity index (χ4v) is 3.75. The number of alkyl halides is 3. The number of halogens is 3. The van der Waals surface area contributed by atoms with Crippen molar-refractivity contribution >= 4 is 23.8 Å². The van der Waals surface area contributed by atoms with Crippen molar-refractivity contribution in [1.82, 2.24) is 30.5 Å². The molecule has 0 aliphatic carbocycles. The molecule has 0 radical (unpaired) electrons. The summed E-state index contributed by atoms with van der Waals surface area (Å²) in [6, 6.07) is 5.36. The lowest BCUT2D eigenvalue weighted by atomic mass is 10.2. The SMILES string of the molecule is CNC.N/C(=C\C=C(/N)NC(=O)CN1CCN(c2cccc(OC(F)(F)F)c2)CC1=O)CCCCn1cc(C=O)nn1. The van der Waals surface area contributed by atoms with Crippen LogP contribution >= 0.6 is 0 Å². The third kappa shape index (κ3) is 12.3. The molecule has 2 heterocycles. The first-order valence-electron chi connectivity index (χ1n) is 13.0. The number of carbonyl (C=O) groups is 3. The number of aryl methyl sites for hydroxylation is 1. The molecule has 2 aromatic rings. The van der Waals surface area contributed by atoms with Crippen molar-refractivity contribution in [2.75, 3.05) is 45.2 Å². The number of nitrogens with zero attached hydrogens (tertiary/aromatic N) is 5. The Kier molecular flexibility index (Phi) is 13.3. The summed E-state index contributed by atoms with van der Waals surface area (Å²) in [5.74, 6) is -1.19. The van der Waals surface area contributed by atoms with Crippen LogP contribution in [0.1, 0.15) is 29.8 Å². The van der Waals surface area contributed by atoms with Crippen LogP contribution in [0.15, 0.2) is 54.1 Å². The van der Waals surface area contributed by atoms with Crippen LogP contribution in [0, 0.1) is 0 Å². The maximum atomic E-state index is 12.6. The van der Waals surface area contributed by atoms with Crippen LogP contribution < -0.4 is 31.7 Å². The van der Waals surface area contributed by atoms with E-state index in [0.29, 0.717) is 37.2 Å². The van der Waals surface area contributed by atoms with Gasteiger partial charge in [-0.3, -0.25) is 19.1 Å². The highest BCUT2D eigenvalue weighted by Crippen LogP contribution is 2.27. The minimum Gasteiger partial charge on any atom is -0.406 e. The van der Waals surface area contributed by atoms with E-state index in [1.807, 2.05) is 14.1 Å². The molecule has 1 saturated heterocycles. The Hall–Kier alpha value is -4.60. The van der Waals surface area contributed by atoms with Gasteiger partial charge < -0.3 is 36.6 Å². The van der Waals surface area contributed by atoms with Crippen LogP contribution in [-0.2, 0) is 16.1 Å². The number of anilines is 1. The number of rotatable bonds is 12. The summed E-state index contributed by atoms with van der Waals surface area (Å²) in [5, 5.41) is 12.8. The minimum atomic E-state index is -4.82. The lowest BCUT2D eigenvalue weighted by Crippen LogP contribution is -2.53. The fraction of sp³-hybridized carbons (Fsp3) is 0.423. The molecule has 16 heteroatoms. The predicted molar refractivity (Wildman–Crippen MR) is 149 cm³/mol. The number of hydrogen-bond donors (Lipinski definition) is 4. The summed E-state index contributed by atoms with van der Waals surface area (Å²) >= 11 is 0. The molecule has 0 unspecified atom stereocenters. The smallest absolute Gasteiger partial charge is 0.406 e. The lowest BCUT2D eigenvalue weighted by molar-refractivity contribution is -0.274. The first-order valence-corrected chi connectivity index (χ1v) is 13.0. The van der Waals surface area contributed by atoms with Crippen molar-refractivity contribution in [1.29, 1.82) is 0 Å². The van der Waals surface area contributed by atoms with Gasteiger partial charge in [0.1, 0.15) is 23.8 Å². The number of benzene rings is 1. The first-order chi connectivity index (χ1) is 19.9. The number of carbonyl (C=O) groups excluding carboxylic acids is 3. The molecule has 1 aromatic carbocycles. The zero-order valence-electron chi connectivity index (χ0n) is 23.4. The Balaban J connectivity index is 0.00000197. The van der Waals surface area contributed by atoms with E-state index in [1.165, 1.54) is 29.2 Å². The van der Waals surface area contributed by atoms with Crippen LogP contribution in [0.3, 0.4) is 0 Å². The van der Waals surface area contributed by atoms with E-state index in [9.17, 15) is 27.6 Å². The fourth-order valence-electron chi connectivity index (χ4n) is 3.75. The molecule has 42 heavy (non-hydrogen) atoms. The van der Waals surface area contributed by atoms with E-state index in [1.54, 1.807) is 27.9 Å². The molecule has 0 bridgehead atoms. The molecular formula is C26H36F3N9O4. The van der Waals surface area contributed by atoms with Gasteiger partial charge in [0.25, 0.3) is 0 Å². The number of aromatic nitrogens is 3. The van der Waals surface area contributed by atoms with Crippen LogP contribution in [0.25, 0.3) is 0 Å². The normalized spacial score (nSPS) is 14.3. The number of unbranched alkanes of at least 4 members (excludes halogenated alkanes) is 1. The standard InChI is InChI=1S/C24H29F3N8O4.C2H7N/c25-24(26,27)39-20-6-3-5-19(12-20)33-10-11-34(23(38)15-33)14-22(37)30-21(29)8-7-17(28)4-1-2-9-35-13-18(16-36)31-32-35;1-3-2/h3,5-8,12-13,16H,1-2,4,9-11,14-15,28-29H2,(H,30,37);3H,1-2H3/b17-7-,21-8+;. The van der Waals surface area contributed by atoms with Crippen LogP contribution in [-0.4, -0.2) is 84.6 Å². The van der Waals surface area contributed by atoms with E-state index in [2.05, 4.69) is 25.7 Å². The van der Waals surface area contributed by atoms with Gasteiger partial charge in [-0.1, -0.05) is 11.3 Å². The summed E-state index contributed by atoms with van der Waals surface area (Å²) in [7, 11) is 3.75. The van der Waals surface area contributed by atoms with E-state index in [0.717, 1.165) is 12.8 Å². The van der Waals surface area contributed by atoms with Crippen LogP contribution in [0.2, 0.25) is 0 Å². The molecule has 1 aliphatic heterocycles. The van der Waals surface area contributed by atoms with Gasteiger partial charge >= 0.3 is 6.36 Å². The summed E-state index contributed by atoms with van der Waals surface area (Å²) in [6.07, 6.45) is 2.50. The van der Waals surface area contributed by atoms with Gasteiger partial charge in [-0.15, -0.1) is 18.3 Å². The largest absolute Gasteiger partial charge is 0.573 e. The summed E-state index contributed by atoms with van der Waals surface area (Å²) in [6.45, 7) is 0.759. The first kappa shape index (κ1) is 33.6. The number of amides is 2. The number of nitrogens with one attached hydrogen (secondary N) is 2. The second-order valence-electron chi connectivity index (χ2n) is 9.18. The number of aldehydes is 1. The molecular weight excluding hydrogens is 559 g/mol. The van der Waals surface area contributed by atoms with Gasteiger partial charge in [0, 0.05) is 37.1 Å². The second kappa shape index (κ2) is 16.6. The second-order valence-corrected chi connectivity index (χ2v) is 9.18. The molecule has 0 spiro atoms. The van der Waals surface area contributed by atoms with Gasteiger partial charge in [-0.25, -0.2) is 0 Å². The Bertz CT molecular complexity index is 1250. The monoisotopic (exact) mass is 595 g/mol. The van der Waals surface area contributed by atoms with Crippen molar-refractivity contribution in [2.24, 2.45) is 11.5 Å². The molecule has 1 aromatic heterocycles. The lowest BCUT2D eigenvalue weighted by Gasteiger charge is -2.35. The molecule has 0 atom stereocenters. The topological polar surface area (TPSA) is 174 Å². The van der Waals surface area contributed by atoms with Gasteiger partial charge in [-0.2, -0.15) is 0 Å². The molecule has 6 N–H and O–H groups in total. The van der Waals surface area contributed by atoms with Crippen molar-refractivity contribution in [3.05, 3.63) is 59.8 Å². The Morgan fingerprint density at radius 1 is 1.17 bits per heavy atom.